The van der Waals surface area contributed by atoms with Crippen LogP contribution in [-0.4, -0.2) is 0 Å². The molecule has 0 unspecified atom stereocenters. The number of fused-ring (bicyclic) bond motifs is 8. The van der Waals surface area contributed by atoms with Crippen LogP contribution in [-0.2, 0) is 4.57 Å². The fourth-order valence-electron chi connectivity index (χ4n) is 8.12. The summed E-state index contributed by atoms with van der Waals surface area (Å²) in [5, 5.41) is 12.1. The summed E-state index contributed by atoms with van der Waals surface area (Å²) in [5.41, 5.74) is 4.62. The normalized spacial score (nSPS) is 12.1. The summed E-state index contributed by atoms with van der Waals surface area (Å²) in [6, 6.07) is 66.9. The van der Waals surface area contributed by atoms with Gasteiger partial charge < -0.3 is 4.57 Å². The zero-order chi connectivity index (χ0) is 35.8. The molecule has 2 aromatic heterocycles. The van der Waals surface area contributed by atoms with Crippen LogP contribution in [0.1, 0.15) is 0 Å². The second kappa shape index (κ2) is 12.4. The van der Waals surface area contributed by atoms with Gasteiger partial charge in [0.05, 0.1) is 0 Å². The molecule has 0 saturated carbocycles. The van der Waals surface area contributed by atoms with Crippen molar-refractivity contribution in [3.05, 3.63) is 188 Å². The molecule has 0 aliphatic heterocycles. The first-order chi connectivity index (χ1) is 26.6. The summed E-state index contributed by atoms with van der Waals surface area (Å²) in [6.07, 6.45) is 0. The Hall–Kier alpha value is -5.83. The van der Waals surface area contributed by atoms with E-state index in [4.69, 9.17) is 0 Å². The van der Waals surface area contributed by atoms with Crippen LogP contribution in [0.3, 0.4) is 0 Å². The Kier molecular flexibility index (Phi) is 7.25. The van der Waals surface area contributed by atoms with Gasteiger partial charge in [-0.25, -0.2) is 0 Å². The summed E-state index contributed by atoms with van der Waals surface area (Å²) in [5.74, 6) is 0. The van der Waals surface area contributed by atoms with Crippen LogP contribution in [0.4, 0.5) is 0 Å². The molecule has 0 radical (unpaired) electrons. The summed E-state index contributed by atoms with van der Waals surface area (Å²) >= 11 is 3.69. The van der Waals surface area contributed by atoms with Crippen LogP contribution in [0.5, 0.6) is 0 Å². The van der Waals surface area contributed by atoms with Crippen LogP contribution in [0.15, 0.2) is 188 Å². The zero-order valence-corrected chi connectivity index (χ0v) is 31.6. The van der Waals surface area contributed by atoms with E-state index in [0.29, 0.717) is 0 Å². The Morgan fingerprint density at radius 1 is 0.296 bits per heavy atom. The van der Waals surface area contributed by atoms with Crippen molar-refractivity contribution in [1.82, 2.24) is 0 Å². The minimum absolute atomic E-state index is 0.833. The van der Waals surface area contributed by atoms with Gasteiger partial charge in [0.2, 0.25) is 0 Å². The van der Waals surface area contributed by atoms with Crippen LogP contribution in [0.25, 0.3) is 84.1 Å². The molecule has 0 aliphatic carbocycles. The molecular weight excluding hydrogens is 712 g/mol. The van der Waals surface area contributed by atoms with E-state index in [2.05, 4.69) is 158 Å². The molecule has 0 aliphatic rings. The molecule has 9 aromatic carbocycles. The van der Waals surface area contributed by atoms with Crippen LogP contribution >= 0.6 is 29.8 Å². The third kappa shape index (κ3) is 5.08. The fourth-order valence-corrected chi connectivity index (χ4v) is 13.0. The first-order valence-electron chi connectivity index (χ1n) is 18.2. The minimum Gasteiger partial charge on any atom is -0.309 e. The lowest BCUT2D eigenvalue weighted by atomic mass is 9.99. The van der Waals surface area contributed by atoms with Gasteiger partial charge in [0.25, 0.3) is 0 Å². The van der Waals surface area contributed by atoms with Crippen molar-refractivity contribution in [2.45, 2.75) is 0 Å². The quantitative estimate of drug-likeness (QED) is 0.161. The van der Waals surface area contributed by atoms with E-state index in [1.165, 1.54) is 51.5 Å². The first-order valence-corrected chi connectivity index (χ1v) is 21.5. The molecule has 11 aromatic rings. The molecule has 4 heteroatoms. The highest BCUT2D eigenvalue weighted by atomic mass is 32.1. The molecular formula is C50H31OPS2. The summed E-state index contributed by atoms with van der Waals surface area (Å²) in [6.45, 7) is 0. The number of benzene rings is 9. The average Bonchev–Trinajstić information content (AvgIpc) is 3.80. The molecule has 54 heavy (non-hydrogen) atoms. The topological polar surface area (TPSA) is 17.1 Å². The third-order valence-electron chi connectivity index (χ3n) is 10.9. The van der Waals surface area contributed by atoms with Crippen molar-refractivity contribution in [1.29, 1.82) is 0 Å². The van der Waals surface area contributed by atoms with E-state index in [1.807, 2.05) is 53.0 Å². The summed E-state index contributed by atoms with van der Waals surface area (Å²) in [7, 11) is -3.27. The number of hydrogen-bond donors (Lipinski definition) is 0. The predicted octanol–water partition coefficient (Wildman–Crippen LogP) is 13.7. The molecule has 1 nitrogen and oxygen atoms in total. The lowest BCUT2D eigenvalue weighted by Crippen LogP contribution is -2.25. The largest absolute Gasteiger partial charge is 0.309 e. The predicted molar refractivity (Wildman–Crippen MR) is 237 cm³/mol. The molecule has 0 atom stereocenters. The molecule has 2 heterocycles. The highest BCUT2D eigenvalue weighted by Crippen LogP contribution is 2.45. The minimum atomic E-state index is -3.27. The Balaban J connectivity index is 1.04. The first kappa shape index (κ1) is 31.7. The van der Waals surface area contributed by atoms with Gasteiger partial charge >= 0.3 is 0 Å². The van der Waals surface area contributed by atoms with Crippen molar-refractivity contribution in [3.63, 3.8) is 0 Å². The maximum absolute atomic E-state index is 15.9. The van der Waals surface area contributed by atoms with Gasteiger partial charge in [0, 0.05) is 56.3 Å². The van der Waals surface area contributed by atoms with Crippen molar-refractivity contribution < 1.29 is 4.57 Å². The van der Waals surface area contributed by atoms with Gasteiger partial charge in [-0.15, -0.1) is 22.7 Å². The fraction of sp³-hybridized carbons (Fsp3) is 0. The lowest BCUT2D eigenvalue weighted by molar-refractivity contribution is 0.592. The van der Waals surface area contributed by atoms with Gasteiger partial charge in [-0.1, -0.05) is 127 Å². The standard InChI is InChI=1S/C50H31OPS2/c51-52(41-21-16-32-8-1-3-10-34(32)26-41,42-22-17-33-9-2-4-11-35(33)27-42)40-13-7-12-36(28-40)37-18-24-49-45(30-37)46-31-39(20-25-50(46)54-49)38-19-23-48-44(29-38)43-14-5-6-15-47(43)53-48/h1-31H. The van der Waals surface area contributed by atoms with Crippen molar-refractivity contribution in [2.24, 2.45) is 0 Å². The lowest BCUT2D eigenvalue weighted by Gasteiger charge is -2.22. The molecule has 11 rings (SSSR count). The van der Waals surface area contributed by atoms with Crippen LogP contribution < -0.4 is 15.9 Å². The van der Waals surface area contributed by atoms with Gasteiger partial charge in [-0.2, -0.15) is 0 Å². The van der Waals surface area contributed by atoms with Crippen molar-refractivity contribution >= 4 is 108 Å². The Morgan fingerprint density at radius 2 is 0.722 bits per heavy atom. The van der Waals surface area contributed by atoms with E-state index >= 15 is 4.57 Å². The maximum atomic E-state index is 15.9. The van der Waals surface area contributed by atoms with E-state index in [0.717, 1.165) is 48.6 Å². The summed E-state index contributed by atoms with van der Waals surface area (Å²) < 4.78 is 21.1. The molecule has 0 amide bonds. The van der Waals surface area contributed by atoms with E-state index in [1.54, 1.807) is 0 Å². The molecule has 0 N–H and O–H groups in total. The SMILES string of the molecule is O=P(c1cccc(-c2ccc3sc4ccc(-c5ccc6sc7ccccc7c6c5)cc4c3c2)c1)(c1ccc2ccccc2c1)c1ccc2ccccc2c1. The monoisotopic (exact) mass is 742 g/mol. The molecule has 0 bridgehead atoms. The Labute approximate surface area is 320 Å². The van der Waals surface area contributed by atoms with Crippen molar-refractivity contribution in [2.75, 3.05) is 0 Å². The second-order valence-corrected chi connectivity index (χ2v) is 19.0. The van der Waals surface area contributed by atoms with Gasteiger partial charge in [0.1, 0.15) is 0 Å². The van der Waals surface area contributed by atoms with E-state index in [9.17, 15) is 0 Å². The number of thiophene rings is 2. The number of rotatable bonds is 5. The molecule has 0 spiro atoms. The van der Waals surface area contributed by atoms with Gasteiger partial charge in [-0.05, 0) is 104 Å². The second-order valence-electron chi connectivity index (χ2n) is 14.1. The highest BCUT2D eigenvalue weighted by molar-refractivity contribution is 7.85. The smallest absolute Gasteiger partial charge is 0.171 e. The van der Waals surface area contributed by atoms with Gasteiger partial charge in [-0.3, -0.25) is 0 Å². The van der Waals surface area contributed by atoms with Crippen molar-refractivity contribution in [3.8, 4) is 22.3 Å². The number of hydrogen-bond acceptors (Lipinski definition) is 3. The van der Waals surface area contributed by atoms with E-state index < -0.39 is 7.14 Å². The maximum Gasteiger partial charge on any atom is 0.171 e. The zero-order valence-electron chi connectivity index (χ0n) is 29.1. The van der Waals surface area contributed by atoms with Crippen LogP contribution in [0.2, 0.25) is 0 Å². The Morgan fingerprint density at radius 3 is 1.28 bits per heavy atom. The van der Waals surface area contributed by atoms with E-state index in [-0.39, 0.29) is 0 Å². The molecule has 0 saturated heterocycles. The third-order valence-corrected chi connectivity index (χ3v) is 16.2. The van der Waals surface area contributed by atoms with Gasteiger partial charge in [0.15, 0.2) is 7.14 Å². The summed E-state index contributed by atoms with van der Waals surface area (Å²) in [4.78, 5) is 0. The Bertz CT molecular complexity index is 3250. The highest BCUT2D eigenvalue weighted by Gasteiger charge is 2.31. The average molecular weight is 743 g/mol. The molecule has 0 fully saturated rings. The van der Waals surface area contributed by atoms with Crippen LogP contribution in [0, 0.1) is 0 Å². The molecule has 254 valence electrons.